The molecule has 0 aliphatic rings. The third kappa shape index (κ3) is 3.30. The second-order valence-electron chi connectivity index (χ2n) is 6.08. The summed E-state index contributed by atoms with van der Waals surface area (Å²) in [4.78, 5) is 4.47. The van der Waals surface area contributed by atoms with Crippen molar-refractivity contribution in [2.45, 2.75) is 10.8 Å². The fourth-order valence-corrected chi connectivity index (χ4v) is 4.39. The van der Waals surface area contributed by atoms with Crippen LogP contribution >= 0.6 is 23.1 Å². The second kappa shape index (κ2) is 7.53. The average Bonchev–Trinajstić information content (AvgIpc) is 3.44. The lowest BCUT2D eigenvalue weighted by Gasteiger charge is -2.08. The predicted molar refractivity (Wildman–Crippen MR) is 112 cm³/mol. The van der Waals surface area contributed by atoms with Crippen molar-refractivity contribution in [2.24, 2.45) is 0 Å². The number of nitrogens with zero attached hydrogens (tertiary/aromatic N) is 4. The molecule has 0 atom stereocenters. The molecule has 5 aromatic rings. The van der Waals surface area contributed by atoms with Gasteiger partial charge in [0.2, 0.25) is 11.7 Å². The summed E-state index contributed by atoms with van der Waals surface area (Å²) in [6, 6.07) is 20.3. The molecule has 0 saturated heterocycles. The SMILES string of the molecule is c1ccc(-c2nnc(SCc3nc(-c4ccsc4)no3)c3ccccc23)cc1. The van der Waals surface area contributed by atoms with Gasteiger partial charge in [-0.05, 0) is 11.4 Å². The molecule has 0 N–H and O–H groups in total. The molecule has 3 aromatic heterocycles. The molecule has 0 unspecified atom stereocenters. The van der Waals surface area contributed by atoms with E-state index in [0.29, 0.717) is 17.5 Å². The van der Waals surface area contributed by atoms with Crippen LogP contribution in [0.1, 0.15) is 5.89 Å². The Kier molecular flexibility index (Phi) is 4.60. The van der Waals surface area contributed by atoms with Crippen LogP contribution in [0.15, 0.2) is 81.0 Å². The van der Waals surface area contributed by atoms with Crippen LogP contribution in [0.2, 0.25) is 0 Å². The van der Waals surface area contributed by atoms with Crippen molar-refractivity contribution >= 4 is 33.9 Å². The minimum absolute atomic E-state index is 0.542. The Morgan fingerprint density at radius 1 is 0.857 bits per heavy atom. The molecule has 5 rings (SSSR count). The molecule has 3 heterocycles. The first-order valence-corrected chi connectivity index (χ1v) is 10.6. The van der Waals surface area contributed by atoms with E-state index in [2.05, 4.69) is 32.5 Å². The fourth-order valence-electron chi connectivity index (χ4n) is 2.95. The molecular weight excluding hydrogens is 388 g/mol. The van der Waals surface area contributed by atoms with Gasteiger partial charge in [-0.3, -0.25) is 0 Å². The maximum atomic E-state index is 5.39. The Balaban J connectivity index is 1.44. The van der Waals surface area contributed by atoms with Crippen molar-refractivity contribution in [1.29, 1.82) is 0 Å². The summed E-state index contributed by atoms with van der Waals surface area (Å²) in [5.41, 5.74) is 2.92. The predicted octanol–water partition coefficient (Wildman–Crippen LogP) is 5.70. The third-order valence-corrected chi connectivity index (χ3v) is 5.93. The highest BCUT2D eigenvalue weighted by molar-refractivity contribution is 7.98. The Labute approximate surface area is 169 Å². The van der Waals surface area contributed by atoms with Gasteiger partial charge in [0.05, 0.1) is 5.75 Å². The summed E-state index contributed by atoms with van der Waals surface area (Å²) in [5, 5.41) is 20.0. The Hall–Kier alpha value is -3.03. The molecule has 0 aliphatic heterocycles. The van der Waals surface area contributed by atoms with Gasteiger partial charge >= 0.3 is 0 Å². The molecule has 0 amide bonds. The smallest absolute Gasteiger partial charge is 0.237 e. The van der Waals surface area contributed by atoms with Crippen LogP contribution in [-0.4, -0.2) is 20.3 Å². The van der Waals surface area contributed by atoms with E-state index >= 15 is 0 Å². The highest BCUT2D eigenvalue weighted by Crippen LogP contribution is 2.33. The number of thiophene rings is 1. The van der Waals surface area contributed by atoms with Gasteiger partial charge in [-0.15, -0.1) is 10.2 Å². The Bertz CT molecular complexity index is 1220. The van der Waals surface area contributed by atoms with Crippen molar-refractivity contribution in [1.82, 2.24) is 20.3 Å². The molecule has 0 radical (unpaired) electrons. The van der Waals surface area contributed by atoms with Crippen molar-refractivity contribution < 1.29 is 4.52 Å². The summed E-state index contributed by atoms with van der Waals surface area (Å²) >= 11 is 3.16. The van der Waals surface area contributed by atoms with Crippen LogP contribution in [0.3, 0.4) is 0 Å². The van der Waals surface area contributed by atoms with E-state index in [4.69, 9.17) is 4.52 Å². The highest BCUT2D eigenvalue weighted by atomic mass is 32.2. The largest absolute Gasteiger partial charge is 0.338 e. The number of fused-ring (bicyclic) bond motifs is 1. The Morgan fingerprint density at radius 2 is 1.68 bits per heavy atom. The quantitative estimate of drug-likeness (QED) is 0.351. The van der Waals surface area contributed by atoms with Gasteiger partial charge in [-0.2, -0.15) is 16.3 Å². The lowest BCUT2D eigenvalue weighted by atomic mass is 10.1. The maximum absolute atomic E-state index is 5.39. The van der Waals surface area contributed by atoms with Gasteiger partial charge in [0.1, 0.15) is 10.7 Å². The molecule has 5 nitrogen and oxygen atoms in total. The zero-order valence-electron chi connectivity index (χ0n) is 14.6. The van der Waals surface area contributed by atoms with Crippen molar-refractivity contribution in [3.63, 3.8) is 0 Å². The minimum atomic E-state index is 0.542. The molecule has 0 fully saturated rings. The van der Waals surface area contributed by atoms with E-state index in [0.717, 1.165) is 32.6 Å². The van der Waals surface area contributed by atoms with Gasteiger partial charge in [0.15, 0.2) is 0 Å². The summed E-state index contributed by atoms with van der Waals surface area (Å²) in [7, 11) is 0. The van der Waals surface area contributed by atoms with Crippen LogP contribution in [0.25, 0.3) is 33.4 Å². The number of hydrogen-bond acceptors (Lipinski definition) is 7. The summed E-state index contributed by atoms with van der Waals surface area (Å²) < 4.78 is 5.39. The number of rotatable bonds is 5. The molecule has 28 heavy (non-hydrogen) atoms. The van der Waals surface area contributed by atoms with Crippen LogP contribution < -0.4 is 0 Å². The van der Waals surface area contributed by atoms with Gasteiger partial charge < -0.3 is 4.52 Å². The number of aromatic nitrogens is 4. The van der Waals surface area contributed by atoms with Crippen molar-refractivity contribution in [2.75, 3.05) is 0 Å². The second-order valence-corrected chi connectivity index (χ2v) is 7.82. The highest BCUT2D eigenvalue weighted by Gasteiger charge is 2.14. The van der Waals surface area contributed by atoms with Crippen LogP contribution in [-0.2, 0) is 5.75 Å². The molecular formula is C21H14N4OS2. The lowest BCUT2D eigenvalue weighted by molar-refractivity contribution is 0.391. The van der Waals surface area contributed by atoms with E-state index in [-0.39, 0.29) is 0 Å². The molecule has 0 bridgehead atoms. The van der Waals surface area contributed by atoms with E-state index in [1.54, 1.807) is 23.1 Å². The van der Waals surface area contributed by atoms with Crippen LogP contribution in [0.5, 0.6) is 0 Å². The molecule has 136 valence electrons. The summed E-state index contributed by atoms with van der Waals surface area (Å²) in [6.07, 6.45) is 0. The average molecular weight is 403 g/mol. The molecule has 0 saturated carbocycles. The third-order valence-electron chi connectivity index (χ3n) is 4.28. The zero-order valence-corrected chi connectivity index (χ0v) is 16.3. The van der Waals surface area contributed by atoms with Crippen LogP contribution in [0.4, 0.5) is 0 Å². The molecule has 0 aliphatic carbocycles. The van der Waals surface area contributed by atoms with Crippen molar-refractivity contribution in [3.05, 3.63) is 77.3 Å². The summed E-state index contributed by atoms with van der Waals surface area (Å²) in [5.74, 6) is 1.73. The molecule has 2 aromatic carbocycles. The monoisotopic (exact) mass is 402 g/mol. The first kappa shape index (κ1) is 17.1. The zero-order chi connectivity index (χ0) is 18.8. The van der Waals surface area contributed by atoms with Crippen LogP contribution in [0, 0.1) is 0 Å². The van der Waals surface area contributed by atoms with Gasteiger partial charge in [0.25, 0.3) is 0 Å². The van der Waals surface area contributed by atoms with E-state index < -0.39 is 0 Å². The molecule has 0 spiro atoms. The van der Waals surface area contributed by atoms with E-state index in [9.17, 15) is 0 Å². The maximum Gasteiger partial charge on any atom is 0.237 e. The topological polar surface area (TPSA) is 64.7 Å². The first-order valence-electron chi connectivity index (χ1n) is 8.67. The fraction of sp³-hybridized carbons (Fsp3) is 0.0476. The van der Waals surface area contributed by atoms with E-state index in [1.165, 1.54) is 0 Å². The van der Waals surface area contributed by atoms with Crippen molar-refractivity contribution in [3.8, 4) is 22.6 Å². The van der Waals surface area contributed by atoms with E-state index in [1.807, 2.05) is 59.3 Å². The standard InChI is InChI=1S/C21H14N4OS2/c1-2-6-14(7-3-1)19-16-8-4-5-9-17(16)21(24-23-19)28-13-18-22-20(25-26-18)15-10-11-27-12-15/h1-12H,13H2. The molecule has 7 heteroatoms. The number of hydrogen-bond donors (Lipinski definition) is 0. The summed E-state index contributed by atoms with van der Waals surface area (Å²) in [6.45, 7) is 0. The number of thioether (sulfide) groups is 1. The lowest BCUT2D eigenvalue weighted by Crippen LogP contribution is -1.94. The Morgan fingerprint density at radius 3 is 2.50 bits per heavy atom. The minimum Gasteiger partial charge on any atom is -0.338 e. The number of benzene rings is 2. The normalized spacial score (nSPS) is 11.1. The van der Waals surface area contributed by atoms with Gasteiger partial charge in [-0.25, -0.2) is 0 Å². The first-order chi connectivity index (χ1) is 13.9. The van der Waals surface area contributed by atoms with Gasteiger partial charge in [0, 0.05) is 27.3 Å². The van der Waals surface area contributed by atoms with Gasteiger partial charge in [-0.1, -0.05) is 71.5 Å².